The van der Waals surface area contributed by atoms with Gasteiger partial charge in [-0.1, -0.05) is 18.2 Å². The van der Waals surface area contributed by atoms with Gasteiger partial charge in [-0.2, -0.15) is 5.06 Å². The molecule has 1 aliphatic heterocycles. The molecule has 1 saturated heterocycles. The van der Waals surface area contributed by atoms with Gasteiger partial charge in [0.25, 0.3) is 5.91 Å². The van der Waals surface area contributed by atoms with Crippen LogP contribution in [0.4, 0.5) is 0 Å². The number of hydrogen-bond donors (Lipinski definition) is 0. The van der Waals surface area contributed by atoms with Gasteiger partial charge in [0.05, 0.1) is 12.7 Å². The van der Waals surface area contributed by atoms with Gasteiger partial charge in [-0.3, -0.25) is 4.79 Å². The summed E-state index contributed by atoms with van der Waals surface area (Å²) in [5.74, 6) is -1.67. The SMILES string of the molecule is COC(=O)[C@@H]1CCC(=O)N1OC(=O)c1ccccc1. The van der Waals surface area contributed by atoms with Crippen LogP contribution in [0.1, 0.15) is 23.2 Å². The molecule has 100 valence electrons. The Morgan fingerprint density at radius 2 is 1.95 bits per heavy atom. The lowest BCUT2D eigenvalue weighted by Gasteiger charge is -2.20. The van der Waals surface area contributed by atoms with Crippen LogP contribution in [0.2, 0.25) is 0 Å². The predicted octanol–water partition coefficient (Wildman–Crippen LogP) is 0.922. The summed E-state index contributed by atoms with van der Waals surface area (Å²) in [4.78, 5) is 39.9. The second-order valence-electron chi connectivity index (χ2n) is 4.04. The molecule has 1 aromatic rings. The highest BCUT2D eigenvalue weighted by molar-refractivity contribution is 5.92. The fourth-order valence-corrected chi connectivity index (χ4v) is 1.84. The van der Waals surface area contributed by atoms with Crippen LogP contribution in [-0.2, 0) is 19.2 Å². The molecule has 0 aromatic heterocycles. The maximum atomic E-state index is 11.8. The average molecular weight is 263 g/mol. The van der Waals surface area contributed by atoms with E-state index in [2.05, 4.69) is 4.74 Å². The third kappa shape index (κ3) is 2.73. The van der Waals surface area contributed by atoms with E-state index in [9.17, 15) is 14.4 Å². The van der Waals surface area contributed by atoms with E-state index in [1.807, 2.05) is 0 Å². The van der Waals surface area contributed by atoms with Gasteiger partial charge in [0.15, 0.2) is 6.04 Å². The molecule has 0 radical (unpaired) electrons. The van der Waals surface area contributed by atoms with Crippen molar-refractivity contribution in [2.45, 2.75) is 18.9 Å². The maximum absolute atomic E-state index is 11.8. The summed E-state index contributed by atoms with van der Waals surface area (Å²) >= 11 is 0. The predicted molar refractivity (Wildman–Crippen MR) is 63.7 cm³/mol. The first-order chi connectivity index (χ1) is 9.13. The molecule has 2 rings (SSSR count). The van der Waals surface area contributed by atoms with Crippen LogP contribution >= 0.6 is 0 Å². The van der Waals surface area contributed by atoms with Gasteiger partial charge in [-0.15, -0.1) is 0 Å². The van der Waals surface area contributed by atoms with Crippen LogP contribution in [0.15, 0.2) is 30.3 Å². The number of carbonyl (C=O) groups is 3. The molecule has 1 aliphatic rings. The van der Waals surface area contributed by atoms with Crippen LogP contribution in [0.3, 0.4) is 0 Å². The smallest absolute Gasteiger partial charge is 0.363 e. The van der Waals surface area contributed by atoms with Crippen molar-refractivity contribution >= 4 is 17.8 Å². The lowest BCUT2D eigenvalue weighted by atomic mass is 10.2. The minimum Gasteiger partial charge on any atom is -0.467 e. The molecule has 0 N–H and O–H groups in total. The van der Waals surface area contributed by atoms with E-state index in [0.717, 1.165) is 5.06 Å². The molecule has 6 nitrogen and oxygen atoms in total. The Bertz CT molecular complexity index is 499. The molecule has 19 heavy (non-hydrogen) atoms. The van der Waals surface area contributed by atoms with Gasteiger partial charge < -0.3 is 9.57 Å². The first kappa shape index (κ1) is 13.1. The van der Waals surface area contributed by atoms with E-state index in [0.29, 0.717) is 5.56 Å². The molecular formula is C13H13NO5. The Labute approximate surface area is 109 Å². The van der Waals surface area contributed by atoms with E-state index in [4.69, 9.17) is 4.84 Å². The largest absolute Gasteiger partial charge is 0.467 e. The molecule has 0 unspecified atom stereocenters. The van der Waals surface area contributed by atoms with Crippen molar-refractivity contribution in [2.75, 3.05) is 7.11 Å². The average Bonchev–Trinajstić information content (AvgIpc) is 2.80. The third-order valence-corrected chi connectivity index (χ3v) is 2.82. The Kier molecular flexibility index (Phi) is 3.79. The lowest BCUT2D eigenvalue weighted by Crippen LogP contribution is -2.40. The minimum absolute atomic E-state index is 0.155. The van der Waals surface area contributed by atoms with Gasteiger partial charge in [-0.05, 0) is 18.6 Å². The summed E-state index contributed by atoms with van der Waals surface area (Å²) in [6.07, 6.45) is 0.440. The molecule has 0 saturated carbocycles. The highest BCUT2D eigenvalue weighted by Crippen LogP contribution is 2.21. The second-order valence-corrected chi connectivity index (χ2v) is 4.04. The van der Waals surface area contributed by atoms with Gasteiger partial charge >= 0.3 is 11.9 Å². The van der Waals surface area contributed by atoms with Gasteiger partial charge in [0.1, 0.15) is 0 Å². The Hall–Kier alpha value is -2.37. The summed E-state index contributed by atoms with van der Waals surface area (Å²) in [6, 6.07) is 7.40. The fourth-order valence-electron chi connectivity index (χ4n) is 1.84. The number of methoxy groups -OCH3 is 1. The van der Waals surface area contributed by atoms with Crippen molar-refractivity contribution in [2.24, 2.45) is 0 Å². The van der Waals surface area contributed by atoms with E-state index in [1.54, 1.807) is 30.3 Å². The Balaban J connectivity index is 2.10. The molecule has 1 atom stereocenters. The molecule has 0 aliphatic carbocycles. The molecule has 6 heteroatoms. The Morgan fingerprint density at radius 3 is 2.58 bits per heavy atom. The maximum Gasteiger partial charge on any atom is 0.363 e. The highest BCUT2D eigenvalue weighted by Gasteiger charge is 2.40. The van der Waals surface area contributed by atoms with Crippen molar-refractivity contribution in [1.82, 2.24) is 5.06 Å². The number of nitrogens with zero attached hydrogens (tertiary/aromatic N) is 1. The number of hydroxylamine groups is 2. The monoisotopic (exact) mass is 263 g/mol. The normalized spacial score (nSPS) is 18.3. The Morgan fingerprint density at radius 1 is 1.26 bits per heavy atom. The van der Waals surface area contributed by atoms with Crippen molar-refractivity contribution in [1.29, 1.82) is 0 Å². The van der Waals surface area contributed by atoms with Crippen molar-refractivity contribution in [3.05, 3.63) is 35.9 Å². The van der Waals surface area contributed by atoms with E-state index >= 15 is 0 Å². The number of benzene rings is 1. The molecule has 1 amide bonds. The zero-order chi connectivity index (χ0) is 13.8. The van der Waals surface area contributed by atoms with E-state index < -0.39 is 23.9 Å². The molecule has 1 fully saturated rings. The lowest BCUT2D eigenvalue weighted by molar-refractivity contribution is -0.179. The minimum atomic E-state index is -0.856. The molecule has 1 heterocycles. The van der Waals surface area contributed by atoms with Crippen LogP contribution in [0.5, 0.6) is 0 Å². The summed E-state index contributed by atoms with van der Waals surface area (Å²) in [7, 11) is 1.22. The highest BCUT2D eigenvalue weighted by atomic mass is 16.7. The topological polar surface area (TPSA) is 72.9 Å². The summed E-state index contributed by atoms with van der Waals surface area (Å²) in [6.45, 7) is 0. The van der Waals surface area contributed by atoms with Crippen LogP contribution < -0.4 is 0 Å². The number of esters is 1. The van der Waals surface area contributed by atoms with Crippen molar-refractivity contribution in [3.63, 3.8) is 0 Å². The number of ether oxygens (including phenoxy) is 1. The van der Waals surface area contributed by atoms with Gasteiger partial charge in [0.2, 0.25) is 0 Å². The zero-order valence-electron chi connectivity index (χ0n) is 10.4. The number of rotatable bonds is 3. The van der Waals surface area contributed by atoms with Gasteiger partial charge in [0, 0.05) is 6.42 Å². The molecule has 1 aromatic carbocycles. The fraction of sp³-hybridized carbons (Fsp3) is 0.308. The molecular weight excluding hydrogens is 250 g/mol. The second kappa shape index (κ2) is 5.51. The van der Waals surface area contributed by atoms with E-state index in [1.165, 1.54) is 7.11 Å². The quantitative estimate of drug-likeness (QED) is 0.758. The summed E-state index contributed by atoms with van der Waals surface area (Å²) in [5.41, 5.74) is 0.311. The van der Waals surface area contributed by atoms with Crippen LogP contribution in [-0.4, -0.2) is 36.1 Å². The van der Waals surface area contributed by atoms with Crippen molar-refractivity contribution in [3.8, 4) is 0 Å². The summed E-state index contributed by atoms with van der Waals surface area (Å²) in [5, 5.41) is 0.807. The first-order valence-electron chi connectivity index (χ1n) is 5.80. The van der Waals surface area contributed by atoms with Crippen LogP contribution in [0.25, 0.3) is 0 Å². The molecule has 0 bridgehead atoms. The zero-order valence-corrected chi connectivity index (χ0v) is 10.4. The number of amides is 1. The van der Waals surface area contributed by atoms with Gasteiger partial charge in [-0.25, -0.2) is 9.59 Å². The van der Waals surface area contributed by atoms with Crippen LogP contribution in [0, 0.1) is 0 Å². The first-order valence-corrected chi connectivity index (χ1v) is 5.80. The standard InChI is InChI=1S/C13H13NO5/c1-18-13(17)10-7-8-11(15)14(10)19-12(16)9-5-3-2-4-6-9/h2-6,10H,7-8H2,1H3/t10-/m0/s1. The summed E-state index contributed by atoms with van der Waals surface area (Å²) < 4.78 is 4.58. The van der Waals surface area contributed by atoms with E-state index in [-0.39, 0.29) is 12.8 Å². The number of hydrogen-bond acceptors (Lipinski definition) is 5. The molecule has 0 spiro atoms. The van der Waals surface area contributed by atoms with Crippen molar-refractivity contribution < 1.29 is 24.0 Å². The third-order valence-electron chi connectivity index (χ3n) is 2.82. The number of carbonyl (C=O) groups excluding carboxylic acids is 3.